The van der Waals surface area contributed by atoms with Gasteiger partial charge < -0.3 is 5.73 Å². The fourth-order valence-electron chi connectivity index (χ4n) is 4.70. The van der Waals surface area contributed by atoms with Gasteiger partial charge in [0.05, 0.1) is 0 Å². The van der Waals surface area contributed by atoms with Gasteiger partial charge in [0.1, 0.15) is 0 Å². The van der Waals surface area contributed by atoms with E-state index in [4.69, 9.17) is 5.73 Å². The molecule has 0 spiro atoms. The third-order valence-electron chi connectivity index (χ3n) is 6.99. The maximum Gasteiger partial charge on any atom is 0.00318 e. The molecular formula is C28H57N. The number of rotatable bonds is 23. The van der Waals surface area contributed by atoms with Gasteiger partial charge in [0.25, 0.3) is 0 Å². The minimum atomic E-state index is 0.221. The van der Waals surface area contributed by atoms with Crippen LogP contribution in [-0.2, 0) is 0 Å². The quantitative estimate of drug-likeness (QED) is 0.132. The van der Waals surface area contributed by atoms with Crippen LogP contribution in [0.1, 0.15) is 156 Å². The van der Waals surface area contributed by atoms with Crippen molar-refractivity contribution in [2.24, 2.45) is 11.1 Å². The van der Waals surface area contributed by atoms with E-state index in [0.29, 0.717) is 0 Å². The van der Waals surface area contributed by atoms with E-state index in [9.17, 15) is 0 Å². The second-order valence-electron chi connectivity index (χ2n) is 9.64. The Kier molecular flexibility index (Phi) is 20.7. The summed E-state index contributed by atoms with van der Waals surface area (Å²) in [6.45, 7) is 12.3. The Balaban J connectivity index is 4.49. The summed E-state index contributed by atoms with van der Waals surface area (Å²) in [5.41, 5.74) is 8.15. The first kappa shape index (κ1) is 28.7. The molecule has 0 atom stereocenters. The highest BCUT2D eigenvalue weighted by Crippen LogP contribution is 2.40. The molecular weight excluding hydrogens is 350 g/mol. The van der Waals surface area contributed by atoms with Gasteiger partial charge in [-0.3, -0.25) is 0 Å². The van der Waals surface area contributed by atoms with Crippen molar-refractivity contribution in [1.82, 2.24) is 0 Å². The van der Waals surface area contributed by atoms with E-state index in [2.05, 4.69) is 27.4 Å². The van der Waals surface area contributed by atoms with Gasteiger partial charge in [-0.05, 0) is 25.7 Å². The van der Waals surface area contributed by atoms with Crippen LogP contribution in [0, 0.1) is 5.41 Å². The summed E-state index contributed by atoms with van der Waals surface area (Å²) in [6.07, 6.45) is 28.5. The molecule has 0 heterocycles. The van der Waals surface area contributed by atoms with Crippen molar-refractivity contribution in [2.45, 2.75) is 156 Å². The van der Waals surface area contributed by atoms with Crippen molar-refractivity contribution in [3.8, 4) is 0 Å². The summed E-state index contributed by atoms with van der Waals surface area (Å²) < 4.78 is 0. The molecule has 0 aliphatic carbocycles. The van der Waals surface area contributed by atoms with E-state index >= 15 is 0 Å². The molecule has 0 bridgehead atoms. The molecule has 0 unspecified atom stereocenters. The molecule has 0 aliphatic rings. The smallest absolute Gasteiger partial charge is 0.00318 e. The van der Waals surface area contributed by atoms with Gasteiger partial charge in [-0.25, -0.2) is 0 Å². The van der Waals surface area contributed by atoms with Crippen LogP contribution >= 0.6 is 0 Å². The maximum atomic E-state index is 6.44. The van der Waals surface area contributed by atoms with Crippen molar-refractivity contribution >= 4 is 0 Å². The van der Waals surface area contributed by atoms with E-state index in [1.165, 1.54) is 140 Å². The van der Waals surface area contributed by atoms with Gasteiger partial charge in [0, 0.05) is 12.0 Å². The third kappa shape index (κ3) is 15.2. The Hall–Kier alpha value is -0.300. The van der Waals surface area contributed by atoms with Crippen molar-refractivity contribution in [1.29, 1.82) is 0 Å². The summed E-state index contributed by atoms with van der Waals surface area (Å²) >= 11 is 0. The SMILES string of the molecule is C=C(CCCCCCCC)C(CN)(CCCCCCCC)CCCCCCCC. The van der Waals surface area contributed by atoms with E-state index in [0.717, 1.165) is 6.54 Å². The van der Waals surface area contributed by atoms with Crippen molar-refractivity contribution in [3.63, 3.8) is 0 Å². The van der Waals surface area contributed by atoms with Gasteiger partial charge in [0.2, 0.25) is 0 Å². The minimum Gasteiger partial charge on any atom is -0.330 e. The number of hydrogen-bond acceptors (Lipinski definition) is 1. The Morgan fingerprint density at radius 3 is 1.28 bits per heavy atom. The van der Waals surface area contributed by atoms with Gasteiger partial charge in [-0.1, -0.05) is 142 Å². The lowest BCUT2D eigenvalue weighted by Crippen LogP contribution is -2.32. The molecule has 0 radical (unpaired) electrons. The molecule has 0 aliphatic heterocycles. The largest absolute Gasteiger partial charge is 0.330 e. The average molecular weight is 408 g/mol. The van der Waals surface area contributed by atoms with Crippen molar-refractivity contribution < 1.29 is 0 Å². The summed E-state index contributed by atoms with van der Waals surface area (Å²) in [6, 6.07) is 0. The Labute approximate surface area is 185 Å². The van der Waals surface area contributed by atoms with Crippen molar-refractivity contribution in [2.75, 3.05) is 6.54 Å². The summed E-state index contributed by atoms with van der Waals surface area (Å²) in [5, 5.41) is 0. The van der Waals surface area contributed by atoms with Crippen LogP contribution in [0.25, 0.3) is 0 Å². The summed E-state index contributed by atoms with van der Waals surface area (Å²) in [7, 11) is 0. The fourth-order valence-corrected chi connectivity index (χ4v) is 4.70. The molecule has 0 aromatic rings. The van der Waals surface area contributed by atoms with Crippen LogP contribution in [0.2, 0.25) is 0 Å². The van der Waals surface area contributed by atoms with E-state index in [-0.39, 0.29) is 5.41 Å². The van der Waals surface area contributed by atoms with Gasteiger partial charge in [-0.2, -0.15) is 0 Å². The van der Waals surface area contributed by atoms with E-state index < -0.39 is 0 Å². The lowest BCUT2D eigenvalue weighted by atomic mass is 9.71. The second kappa shape index (κ2) is 21.0. The van der Waals surface area contributed by atoms with Crippen LogP contribution in [0.5, 0.6) is 0 Å². The Morgan fingerprint density at radius 1 is 0.552 bits per heavy atom. The molecule has 174 valence electrons. The van der Waals surface area contributed by atoms with E-state index in [1.807, 2.05) is 0 Å². The van der Waals surface area contributed by atoms with Gasteiger partial charge in [-0.15, -0.1) is 0 Å². The van der Waals surface area contributed by atoms with Crippen LogP contribution < -0.4 is 5.73 Å². The predicted octanol–water partition coefficient (Wildman–Crippen LogP) is 9.74. The zero-order chi connectivity index (χ0) is 21.6. The topological polar surface area (TPSA) is 26.0 Å². The van der Waals surface area contributed by atoms with E-state index in [1.54, 1.807) is 0 Å². The molecule has 1 nitrogen and oxygen atoms in total. The first-order chi connectivity index (χ1) is 14.2. The zero-order valence-corrected chi connectivity index (χ0v) is 20.8. The first-order valence-corrected chi connectivity index (χ1v) is 13.5. The molecule has 0 aromatic carbocycles. The maximum absolute atomic E-state index is 6.44. The highest BCUT2D eigenvalue weighted by molar-refractivity contribution is 5.11. The van der Waals surface area contributed by atoms with Crippen LogP contribution in [-0.4, -0.2) is 6.54 Å². The van der Waals surface area contributed by atoms with Gasteiger partial charge in [0.15, 0.2) is 0 Å². The molecule has 0 rings (SSSR count). The predicted molar refractivity (Wildman–Crippen MR) is 135 cm³/mol. The fraction of sp³-hybridized carbons (Fsp3) is 0.929. The second-order valence-corrected chi connectivity index (χ2v) is 9.64. The molecule has 1 heteroatoms. The number of nitrogens with two attached hydrogens (primary N) is 1. The molecule has 29 heavy (non-hydrogen) atoms. The molecule has 0 aromatic heterocycles. The summed E-state index contributed by atoms with van der Waals surface area (Å²) in [4.78, 5) is 0. The average Bonchev–Trinajstić information content (AvgIpc) is 2.74. The first-order valence-electron chi connectivity index (χ1n) is 13.5. The monoisotopic (exact) mass is 407 g/mol. The summed E-state index contributed by atoms with van der Waals surface area (Å²) in [5.74, 6) is 0. The normalized spacial score (nSPS) is 11.9. The minimum absolute atomic E-state index is 0.221. The van der Waals surface area contributed by atoms with Gasteiger partial charge >= 0.3 is 0 Å². The lowest BCUT2D eigenvalue weighted by Gasteiger charge is -2.36. The molecule has 0 amide bonds. The standard InChI is InChI=1S/C28H57N/c1-5-8-11-14-17-20-23-27(4)28(26-29,24-21-18-15-12-9-6-2)25-22-19-16-13-10-7-3/h4-26,29H2,1-3H3. The molecule has 0 fully saturated rings. The number of hydrogen-bond donors (Lipinski definition) is 1. The molecule has 0 saturated heterocycles. The van der Waals surface area contributed by atoms with Crippen LogP contribution in [0.3, 0.4) is 0 Å². The molecule has 2 N–H and O–H groups in total. The highest BCUT2D eigenvalue weighted by Gasteiger charge is 2.30. The van der Waals surface area contributed by atoms with Crippen LogP contribution in [0.4, 0.5) is 0 Å². The Bertz CT molecular complexity index is 330. The zero-order valence-electron chi connectivity index (χ0n) is 20.8. The number of unbranched alkanes of at least 4 members (excludes halogenated alkanes) is 15. The lowest BCUT2D eigenvalue weighted by molar-refractivity contribution is 0.276. The Morgan fingerprint density at radius 2 is 0.897 bits per heavy atom. The third-order valence-corrected chi connectivity index (χ3v) is 6.99. The van der Waals surface area contributed by atoms with Crippen molar-refractivity contribution in [3.05, 3.63) is 12.2 Å². The molecule has 0 saturated carbocycles. The highest BCUT2D eigenvalue weighted by atomic mass is 14.6. The van der Waals surface area contributed by atoms with Crippen LogP contribution in [0.15, 0.2) is 12.2 Å².